The van der Waals surface area contributed by atoms with E-state index in [0.29, 0.717) is 42.8 Å². The molecule has 0 aliphatic heterocycles. The van der Waals surface area contributed by atoms with Crippen LogP contribution in [0.2, 0.25) is 0 Å². The Balaban J connectivity index is 1.40. The van der Waals surface area contributed by atoms with Crippen LogP contribution in [0, 0.1) is 11.7 Å². The van der Waals surface area contributed by atoms with Crippen LogP contribution in [0.1, 0.15) is 19.4 Å². The Kier molecular flexibility index (Phi) is 8.65. The van der Waals surface area contributed by atoms with Gasteiger partial charge in [-0.05, 0) is 47.9 Å². The molecule has 0 spiro atoms. The van der Waals surface area contributed by atoms with Gasteiger partial charge in [-0.1, -0.05) is 56.3 Å². The summed E-state index contributed by atoms with van der Waals surface area (Å²) in [6.07, 6.45) is -0.656. The molecule has 1 unspecified atom stereocenters. The molecule has 0 saturated heterocycles. The number of hydrogen-bond donors (Lipinski definition) is 2. The molecule has 2 N–H and O–H groups in total. The zero-order valence-electron chi connectivity index (χ0n) is 20.5. The second-order valence-electron chi connectivity index (χ2n) is 8.90. The third kappa shape index (κ3) is 6.90. The smallest absolute Gasteiger partial charge is 0.336 e. The Morgan fingerprint density at radius 1 is 0.944 bits per heavy atom. The van der Waals surface area contributed by atoms with Gasteiger partial charge in [0.05, 0.1) is 37.2 Å². The predicted octanol–water partition coefficient (Wildman–Crippen LogP) is 5.10. The molecular formula is C28H31FN4O3. The van der Waals surface area contributed by atoms with Crippen LogP contribution in [0.3, 0.4) is 0 Å². The quantitative estimate of drug-likeness (QED) is 0.288. The third-order valence-corrected chi connectivity index (χ3v) is 5.32. The van der Waals surface area contributed by atoms with Gasteiger partial charge in [-0.15, -0.1) is 5.10 Å². The van der Waals surface area contributed by atoms with E-state index in [4.69, 9.17) is 9.47 Å². The summed E-state index contributed by atoms with van der Waals surface area (Å²) in [5.74, 6) is 0.278. The summed E-state index contributed by atoms with van der Waals surface area (Å²) in [4.78, 5) is 4.45. The van der Waals surface area contributed by atoms with E-state index in [0.717, 1.165) is 11.3 Å². The number of rotatable bonds is 12. The highest BCUT2D eigenvalue weighted by atomic mass is 19.1. The van der Waals surface area contributed by atoms with Gasteiger partial charge < -0.3 is 19.9 Å². The van der Waals surface area contributed by atoms with Crippen LogP contribution in [0.4, 0.5) is 10.1 Å². The lowest BCUT2D eigenvalue weighted by Crippen LogP contribution is -2.24. The third-order valence-electron chi connectivity index (χ3n) is 5.32. The van der Waals surface area contributed by atoms with Crippen LogP contribution in [0.15, 0.2) is 78.9 Å². The van der Waals surface area contributed by atoms with Gasteiger partial charge in [0.2, 0.25) is 0 Å². The van der Waals surface area contributed by atoms with E-state index < -0.39 is 6.10 Å². The van der Waals surface area contributed by atoms with Crippen molar-refractivity contribution in [1.82, 2.24) is 14.8 Å². The number of aromatic nitrogens is 3. The van der Waals surface area contributed by atoms with E-state index in [1.54, 1.807) is 22.9 Å². The summed E-state index contributed by atoms with van der Waals surface area (Å²) in [5, 5.41) is 17.9. The number of benzene rings is 3. The molecule has 0 fully saturated rings. The topological polar surface area (TPSA) is 81.4 Å². The lowest BCUT2D eigenvalue weighted by molar-refractivity contribution is 0.0348. The Hall–Kier alpha value is -3.75. The van der Waals surface area contributed by atoms with Gasteiger partial charge in [0.1, 0.15) is 5.82 Å². The Bertz CT molecular complexity index is 1230. The first kappa shape index (κ1) is 25.3. The summed E-state index contributed by atoms with van der Waals surface area (Å²) >= 11 is 0. The fourth-order valence-corrected chi connectivity index (χ4v) is 3.49. The summed E-state index contributed by atoms with van der Waals surface area (Å²) in [5.41, 5.74) is 2.93. The highest BCUT2D eigenvalue weighted by molar-refractivity contribution is 5.60. The lowest BCUT2D eigenvalue weighted by atomic mass is 10.2. The number of hydrogen-bond acceptors (Lipinski definition) is 6. The number of nitrogens with one attached hydrogen (secondary N) is 1. The molecule has 0 amide bonds. The monoisotopic (exact) mass is 490 g/mol. The highest BCUT2D eigenvalue weighted by Gasteiger charge is 2.18. The number of aliphatic hydroxyl groups is 1. The van der Waals surface area contributed by atoms with Crippen LogP contribution in [-0.2, 0) is 11.3 Å². The van der Waals surface area contributed by atoms with E-state index >= 15 is 0 Å². The normalized spacial score (nSPS) is 12.0. The van der Waals surface area contributed by atoms with Crippen LogP contribution in [-0.4, -0.2) is 45.7 Å². The van der Waals surface area contributed by atoms with Gasteiger partial charge in [-0.2, -0.15) is 4.98 Å². The largest absolute Gasteiger partial charge is 0.462 e. The van der Waals surface area contributed by atoms with Crippen LogP contribution >= 0.6 is 0 Å². The zero-order chi connectivity index (χ0) is 25.3. The molecule has 36 heavy (non-hydrogen) atoms. The summed E-state index contributed by atoms with van der Waals surface area (Å²) in [7, 11) is 0. The van der Waals surface area contributed by atoms with Crippen molar-refractivity contribution in [3.8, 4) is 23.1 Å². The summed E-state index contributed by atoms with van der Waals surface area (Å²) in [6, 6.07) is 23.9. The summed E-state index contributed by atoms with van der Waals surface area (Å²) < 4.78 is 27.4. The first-order valence-corrected chi connectivity index (χ1v) is 12.0. The highest BCUT2D eigenvalue weighted by Crippen LogP contribution is 2.26. The van der Waals surface area contributed by atoms with Crippen molar-refractivity contribution >= 4 is 5.69 Å². The minimum absolute atomic E-state index is 0.197. The van der Waals surface area contributed by atoms with Crippen molar-refractivity contribution in [3.63, 3.8) is 0 Å². The molecule has 4 aromatic rings. The summed E-state index contributed by atoms with van der Waals surface area (Å²) in [6.45, 7) is 5.55. The second-order valence-corrected chi connectivity index (χ2v) is 8.90. The van der Waals surface area contributed by atoms with Crippen molar-refractivity contribution in [3.05, 3.63) is 90.2 Å². The Labute approximate surface area is 210 Å². The van der Waals surface area contributed by atoms with Crippen molar-refractivity contribution in [2.75, 3.05) is 25.1 Å². The molecule has 4 rings (SSSR count). The number of ether oxygens (including phenoxy) is 2. The average molecular weight is 491 g/mol. The maximum absolute atomic E-state index is 14.6. The molecule has 0 bridgehead atoms. The number of aliphatic hydroxyl groups excluding tert-OH is 1. The molecule has 3 aromatic carbocycles. The first-order chi connectivity index (χ1) is 17.5. The van der Waals surface area contributed by atoms with E-state index in [2.05, 4.69) is 15.4 Å². The molecule has 0 aliphatic rings. The fourth-order valence-electron chi connectivity index (χ4n) is 3.49. The number of anilines is 1. The Morgan fingerprint density at radius 2 is 1.67 bits per heavy atom. The molecule has 8 heteroatoms. The number of nitrogens with zero attached hydrogens (tertiary/aromatic N) is 3. The van der Waals surface area contributed by atoms with Gasteiger partial charge in [-0.25, -0.2) is 9.07 Å². The van der Waals surface area contributed by atoms with Crippen molar-refractivity contribution in [2.24, 2.45) is 5.92 Å². The van der Waals surface area contributed by atoms with Crippen LogP contribution < -0.4 is 10.1 Å². The maximum atomic E-state index is 14.6. The molecule has 1 aromatic heterocycles. The molecule has 1 atom stereocenters. The van der Waals surface area contributed by atoms with E-state index in [1.807, 2.05) is 68.4 Å². The van der Waals surface area contributed by atoms with Gasteiger partial charge in [0, 0.05) is 12.2 Å². The minimum Gasteiger partial charge on any atom is -0.462 e. The van der Waals surface area contributed by atoms with Crippen LogP contribution in [0.25, 0.3) is 17.1 Å². The van der Waals surface area contributed by atoms with Gasteiger partial charge in [-0.3, -0.25) is 0 Å². The standard InChI is InChI=1S/C28H31FN4O3/c1-20(2)17-36-28-31-27(25-10-6-7-11-26(25)29)33(32-28)23-14-12-22(13-15-23)30-16-24(34)19-35-18-21-8-4-3-5-9-21/h3-15,20,24,30,34H,16-19H2,1-2H3. The van der Waals surface area contributed by atoms with Crippen molar-refractivity contribution in [1.29, 1.82) is 0 Å². The first-order valence-electron chi connectivity index (χ1n) is 12.0. The van der Waals surface area contributed by atoms with E-state index in [9.17, 15) is 9.50 Å². The molecule has 188 valence electrons. The number of halogens is 1. The predicted molar refractivity (Wildman–Crippen MR) is 138 cm³/mol. The zero-order valence-corrected chi connectivity index (χ0v) is 20.5. The molecule has 7 nitrogen and oxygen atoms in total. The molecule has 0 aliphatic carbocycles. The Morgan fingerprint density at radius 3 is 2.39 bits per heavy atom. The van der Waals surface area contributed by atoms with Crippen molar-refractivity contribution < 1.29 is 19.0 Å². The van der Waals surface area contributed by atoms with Gasteiger partial charge in [0.15, 0.2) is 5.82 Å². The second kappa shape index (κ2) is 12.3. The molecular weight excluding hydrogens is 459 g/mol. The molecule has 1 heterocycles. The van der Waals surface area contributed by atoms with E-state index in [1.165, 1.54) is 6.07 Å². The maximum Gasteiger partial charge on any atom is 0.336 e. The minimum atomic E-state index is -0.656. The lowest BCUT2D eigenvalue weighted by Gasteiger charge is -2.14. The van der Waals surface area contributed by atoms with Crippen LogP contribution in [0.5, 0.6) is 6.01 Å². The molecule has 0 radical (unpaired) electrons. The van der Waals surface area contributed by atoms with E-state index in [-0.39, 0.29) is 18.4 Å². The van der Waals surface area contributed by atoms with Gasteiger partial charge in [0.25, 0.3) is 0 Å². The molecule has 0 saturated carbocycles. The van der Waals surface area contributed by atoms with Crippen molar-refractivity contribution in [2.45, 2.75) is 26.6 Å². The SMILES string of the molecule is CC(C)COc1nc(-c2ccccc2F)n(-c2ccc(NCC(O)COCc3ccccc3)cc2)n1. The fraction of sp³-hybridized carbons (Fsp3) is 0.286. The average Bonchev–Trinajstić information content (AvgIpc) is 3.31. The van der Waals surface area contributed by atoms with Gasteiger partial charge >= 0.3 is 6.01 Å².